The summed E-state index contributed by atoms with van der Waals surface area (Å²) in [6, 6.07) is 1.61. The standard InChI is InChI=1S/C9H4BrCl2FN2/c1-3-4-2-5(11)6(10)7(13)8(4)15-9(12)14-3/h2H,1H3. The van der Waals surface area contributed by atoms with Gasteiger partial charge in [0.05, 0.1) is 15.2 Å². The molecule has 15 heavy (non-hydrogen) atoms. The summed E-state index contributed by atoms with van der Waals surface area (Å²) in [7, 11) is 0. The highest BCUT2D eigenvalue weighted by Gasteiger charge is 2.14. The minimum Gasteiger partial charge on any atom is -0.223 e. The molecule has 0 bridgehead atoms. The Morgan fingerprint density at radius 1 is 1.33 bits per heavy atom. The largest absolute Gasteiger partial charge is 0.223 e. The summed E-state index contributed by atoms with van der Waals surface area (Å²) in [4.78, 5) is 7.76. The van der Waals surface area contributed by atoms with Gasteiger partial charge in [-0.1, -0.05) is 11.6 Å². The number of rotatable bonds is 0. The fraction of sp³-hybridized carbons (Fsp3) is 0.111. The zero-order valence-corrected chi connectivity index (χ0v) is 10.6. The Balaban J connectivity index is 2.98. The second-order valence-corrected chi connectivity index (χ2v) is 4.50. The van der Waals surface area contributed by atoms with Crippen molar-refractivity contribution in [3.63, 3.8) is 0 Å². The number of fused-ring (bicyclic) bond motifs is 1. The van der Waals surface area contributed by atoms with E-state index in [1.165, 1.54) is 0 Å². The lowest BCUT2D eigenvalue weighted by Crippen LogP contribution is -1.94. The summed E-state index contributed by atoms with van der Waals surface area (Å²) in [6.07, 6.45) is 0. The quantitative estimate of drug-likeness (QED) is 0.540. The lowest BCUT2D eigenvalue weighted by molar-refractivity contribution is 0.630. The Hall–Kier alpha value is -0.450. The molecule has 1 heterocycles. The van der Waals surface area contributed by atoms with Crippen LogP contribution < -0.4 is 0 Å². The van der Waals surface area contributed by atoms with Crippen molar-refractivity contribution in [2.75, 3.05) is 0 Å². The maximum absolute atomic E-state index is 13.7. The zero-order valence-electron chi connectivity index (χ0n) is 7.48. The van der Waals surface area contributed by atoms with Crippen LogP contribution in [0.15, 0.2) is 10.5 Å². The van der Waals surface area contributed by atoms with Gasteiger partial charge in [-0.15, -0.1) is 0 Å². The summed E-state index contributed by atoms with van der Waals surface area (Å²) >= 11 is 14.5. The van der Waals surface area contributed by atoms with Crippen LogP contribution in [0.25, 0.3) is 10.9 Å². The Morgan fingerprint density at radius 2 is 2.00 bits per heavy atom. The van der Waals surface area contributed by atoms with E-state index in [0.717, 1.165) is 0 Å². The summed E-state index contributed by atoms with van der Waals surface area (Å²) < 4.78 is 13.9. The minimum atomic E-state index is -0.523. The van der Waals surface area contributed by atoms with Crippen molar-refractivity contribution < 1.29 is 4.39 Å². The van der Waals surface area contributed by atoms with E-state index in [-0.39, 0.29) is 20.3 Å². The number of hydrogen-bond acceptors (Lipinski definition) is 2. The normalized spacial score (nSPS) is 11.0. The average molecular weight is 310 g/mol. The minimum absolute atomic E-state index is 0.0214. The Bertz CT molecular complexity index is 560. The number of aryl methyl sites for hydroxylation is 1. The summed E-state index contributed by atoms with van der Waals surface area (Å²) in [5.74, 6) is -0.523. The van der Waals surface area contributed by atoms with Crippen LogP contribution in [0.5, 0.6) is 0 Å². The van der Waals surface area contributed by atoms with Gasteiger partial charge in [0.2, 0.25) is 5.28 Å². The third kappa shape index (κ3) is 1.82. The second-order valence-electron chi connectivity index (χ2n) is 2.96. The summed E-state index contributed by atoms with van der Waals surface area (Å²) in [6.45, 7) is 1.72. The predicted molar refractivity (Wildman–Crippen MR) is 62.0 cm³/mol. The molecule has 0 aliphatic carbocycles. The van der Waals surface area contributed by atoms with Crippen LogP contribution in [0.4, 0.5) is 4.39 Å². The van der Waals surface area contributed by atoms with Crippen molar-refractivity contribution in [2.24, 2.45) is 0 Å². The molecule has 0 aliphatic heterocycles. The lowest BCUT2D eigenvalue weighted by Gasteiger charge is -2.05. The van der Waals surface area contributed by atoms with Gasteiger partial charge in [0.25, 0.3) is 0 Å². The highest BCUT2D eigenvalue weighted by atomic mass is 79.9. The number of aromatic nitrogens is 2. The highest BCUT2D eigenvalue weighted by Crippen LogP contribution is 2.32. The first kappa shape index (κ1) is 11.0. The third-order valence-electron chi connectivity index (χ3n) is 1.99. The molecule has 0 fully saturated rings. The molecule has 0 N–H and O–H groups in total. The van der Waals surface area contributed by atoms with Gasteiger partial charge >= 0.3 is 0 Å². The first-order valence-electron chi connectivity index (χ1n) is 3.98. The van der Waals surface area contributed by atoms with E-state index in [4.69, 9.17) is 23.2 Å². The number of benzene rings is 1. The predicted octanol–water partition coefficient (Wildman–Crippen LogP) is 4.15. The molecule has 0 saturated heterocycles. The average Bonchev–Trinajstić information content (AvgIpc) is 2.17. The van der Waals surface area contributed by atoms with E-state index < -0.39 is 5.82 Å². The van der Waals surface area contributed by atoms with E-state index in [1.807, 2.05) is 0 Å². The molecule has 0 aliphatic rings. The summed E-state index contributed by atoms with van der Waals surface area (Å²) in [5.41, 5.74) is 0.766. The van der Waals surface area contributed by atoms with Crippen LogP contribution in [0, 0.1) is 12.7 Å². The molecule has 0 unspecified atom stereocenters. The van der Waals surface area contributed by atoms with Gasteiger partial charge < -0.3 is 0 Å². The zero-order chi connectivity index (χ0) is 11.2. The number of nitrogens with zero attached hydrogens (tertiary/aromatic N) is 2. The maximum Gasteiger partial charge on any atom is 0.223 e. The molecule has 78 valence electrons. The van der Waals surface area contributed by atoms with E-state index >= 15 is 0 Å². The maximum atomic E-state index is 13.7. The summed E-state index contributed by atoms with van der Waals surface area (Å²) in [5, 5.41) is 0.868. The fourth-order valence-electron chi connectivity index (χ4n) is 1.29. The number of halogens is 4. The van der Waals surface area contributed by atoms with Crippen molar-refractivity contribution in [3.8, 4) is 0 Å². The molecule has 0 radical (unpaired) electrons. The fourth-order valence-corrected chi connectivity index (χ4v) is 1.99. The number of hydrogen-bond donors (Lipinski definition) is 0. The molecule has 1 aromatic heterocycles. The van der Waals surface area contributed by atoms with Crippen molar-refractivity contribution >= 4 is 50.0 Å². The van der Waals surface area contributed by atoms with E-state index in [9.17, 15) is 4.39 Å². The highest BCUT2D eigenvalue weighted by molar-refractivity contribution is 9.10. The topological polar surface area (TPSA) is 25.8 Å². The van der Waals surface area contributed by atoms with E-state index in [2.05, 4.69) is 25.9 Å². The first-order chi connectivity index (χ1) is 7.00. The SMILES string of the molecule is Cc1nc(Cl)nc2c(F)c(Br)c(Cl)cc12. The van der Waals surface area contributed by atoms with Crippen LogP contribution in [-0.4, -0.2) is 9.97 Å². The van der Waals surface area contributed by atoms with Gasteiger partial charge in [0.1, 0.15) is 5.52 Å². The smallest absolute Gasteiger partial charge is 0.223 e. The molecular formula is C9H4BrCl2FN2. The monoisotopic (exact) mass is 308 g/mol. The van der Waals surface area contributed by atoms with Gasteiger partial charge in [-0.2, -0.15) is 0 Å². The van der Waals surface area contributed by atoms with Crippen LogP contribution in [0.3, 0.4) is 0 Å². The van der Waals surface area contributed by atoms with Gasteiger partial charge in [-0.05, 0) is 40.5 Å². The molecular weight excluding hydrogens is 306 g/mol. The molecule has 0 amide bonds. The molecule has 2 aromatic rings. The Morgan fingerprint density at radius 3 is 2.67 bits per heavy atom. The second kappa shape index (κ2) is 3.85. The van der Waals surface area contributed by atoms with Crippen molar-refractivity contribution in [1.29, 1.82) is 0 Å². The van der Waals surface area contributed by atoms with Gasteiger partial charge in [-0.3, -0.25) is 0 Å². The van der Waals surface area contributed by atoms with Crippen molar-refractivity contribution in [3.05, 3.63) is 32.4 Å². The van der Waals surface area contributed by atoms with Crippen LogP contribution >= 0.6 is 39.1 Å². The van der Waals surface area contributed by atoms with Crippen molar-refractivity contribution in [1.82, 2.24) is 9.97 Å². The molecule has 6 heteroatoms. The van der Waals surface area contributed by atoms with Crippen LogP contribution in [-0.2, 0) is 0 Å². The molecule has 1 aromatic carbocycles. The van der Waals surface area contributed by atoms with E-state index in [1.54, 1.807) is 13.0 Å². The molecule has 2 nitrogen and oxygen atoms in total. The Kier molecular flexibility index (Phi) is 2.83. The first-order valence-corrected chi connectivity index (χ1v) is 5.53. The van der Waals surface area contributed by atoms with E-state index in [0.29, 0.717) is 11.1 Å². The van der Waals surface area contributed by atoms with Crippen molar-refractivity contribution in [2.45, 2.75) is 6.92 Å². The Labute approximate surface area is 104 Å². The molecule has 0 atom stereocenters. The van der Waals surface area contributed by atoms with Gasteiger partial charge in [0, 0.05) is 5.39 Å². The molecule has 0 spiro atoms. The van der Waals surface area contributed by atoms with Gasteiger partial charge in [-0.25, -0.2) is 14.4 Å². The van der Waals surface area contributed by atoms with Crippen LogP contribution in [0.2, 0.25) is 10.3 Å². The van der Waals surface area contributed by atoms with Gasteiger partial charge in [0.15, 0.2) is 5.82 Å². The third-order valence-corrected chi connectivity index (χ3v) is 3.46. The lowest BCUT2D eigenvalue weighted by atomic mass is 10.2. The molecule has 0 saturated carbocycles. The van der Waals surface area contributed by atoms with Crippen LogP contribution in [0.1, 0.15) is 5.69 Å². The molecule has 2 rings (SSSR count).